The van der Waals surface area contributed by atoms with E-state index in [2.05, 4.69) is 40.2 Å². The Morgan fingerprint density at radius 3 is 2.07 bits per heavy atom. The summed E-state index contributed by atoms with van der Waals surface area (Å²) >= 11 is 0. The molecule has 0 unspecified atom stereocenters. The summed E-state index contributed by atoms with van der Waals surface area (Å²) in [6.45, 7) is 8.34. The number of aromatic nitrogens is 6. The van der Waals surface area contributed by atoms with Crippen molar-refractivity contribution in [2.24, 2.45) is 14.1 Å². The van der Waals surface area contributed by atoms with Crippen LogP contribution in [0.4, 0.5) is 5.82 Å². The summed E-state index contributed by atoms with van der Waals surface area (Å²) in [5.41, 5.74) is 5.33. The van der Waals surface area contributed by atoms with Crippen molar-refractivity contribution in [1.29, 1.82) is 0 Å². The zero-order valence-electron chi connectivity index (χ0n) is 16.8. The van der Waals surface area contributed by atoms with Crippen LogP contribution < -0.4 is 4.90 Å². The van der Waals surface area contributed by atoms with Gasteiger partial charge in [-0.05, 0) is 39.3 Å². The molecule has 0 radical (unpaired) electrons. The molecule has 8 heteroatoms. The van der Waals surface area contributed by atoms with E-state index < -0.39 is 0 Å². The highest BCUT2D eigenvalue weighted by atomic mass is 16.3. The fraction of sp³-hybridized carbons (Fsp3) is 0.526. The first kappa shape index (κ1) is 19.2. The molecule has 0 atom stereocenters. The molecule has 0 aliphatic rings. The molecule has 3 aromatic heterocycles. The van der Waals surface area contributed by atoms with Gasteiger partial charge >= 0.3 is 0 Å². The molecule has 3 aromatic rings. The van der Waals surface area contributed by atoms with Gasteiger partial charge < -0.3 is 10.0 Å². The number of aryl methyl sites for hydroxylation is 5. The van der Waals surface area contributed by atoms with Crippen LogP contribution >= 0.6 is 0 Å². The lowest BCUT2D eigenvalue weighted by molar-refractivity contribution is 0.289. The maximum atomic E-state index is 9.28. The second-order valence-corrected chi connectivity index (χ2v) is 7.10. The Labute approximate surface area is 160 Å². The standard InChI is InChI=1S/C19H29N7O/c1-14-9-17(20-23(14)4)12-25(7-6-8-27)19-11-16(3)26(22-19)13-18-10-15(2)24(5)21-18/h9-11,27H,6-8,12-13H2,1-5H3. The van der Waals surface area contributed by atoms with Gasteiger partial charge in [-0.1, -0.05) is 0 Å². The van der Waals surface area contributed by atoms with Crippen LogP contribution in [0.5, 0.6) is 0 Å². The molecule has 8 nitrogen and oxygen atoms in total. The summed E-state index contributed by atoms with van der Waals surface area (Å²) in [5.74, 6) is 0.900. The number of nitrogens with zero attached hydrogens (tertiary/aromatic N) is 7. The number of hydrogen-bond acceptors (Lipinski definition) is 5. The van der Waals surface area contributed by atoms with Crippen LogP contribution in [-0.4, -0.2) is 47.6 Å². The van der Waals surface area contributed by atoms with Gasteiger partial charge in [-0.3, -0.25) is 14.0 Å². The van der Waals surface area contributed by atoms with Gasteiger partial charge in [0.05, 0.1) is 24.5 Å². The number of rotatable bonds is 8. The summed E-state index contributed by atoms with van der Waals surface area (Å²) in [5, 5.41) is 23.2. The third kappa shape index (κ3) is 4.39. The number of hydrogen-bond donors (Lipinski definition) is 1. The minimum absolute atomic E-state index is 0.157. The van der Waals surface area contributed by atoms with Crippen LogP contribution in [0.1, 0.15) is 34.9 Å². The third-order valence-corrected chi connectivity index (χ3v) is 4.87. The first-order valence-electron chi connectivity index (χ1n) is 9.26. The predicted octanol–water partition coefficient (Wildman–Crippen LogP) is 1.71. The maximum Gasteiger partial charge on any atom is 0.151 e. The molecule has 27 heavy (non-hydrogen) atoms. The van der Waals surface area contributed by atoms with E-state index in [4.69, 9.17) is 5.10 Å². The minimum atomic E-state index is 0.157. The lowest BCUT2D eigenvalue weighted by Gasteiger charge is -2.20. The van der Waals surface area contributed by atoms with Gasteiger partial charge in [-0.25, -0.2) is 0 Å². The summed E-state index contributed by atoms with van der Waals surface area (Å²) in [6.07, 6.45) is 0.692. The number of aliphatic hydroxyl groups excluding tert-OH is 1. The SMILES string of the molecule is Cc1cc(CN(CCCO)c2cc(C)n(Cc3cc(C)n(C)n3)n2)nn1C. The Kier molecular flexibility index (Phi) is 5.65. The molecule has 0 spiro atoms. The molecule has 0 amide bonds. The molecule has 0 saturated carbocycles. The van der Waals surface area contributed by atoms with Crippen LogP contribution in [-0.2, 0) is 27.2 Å². The van der Waals surface area contributed by atoms with Gasteiger partial charge in [-0.15, -0.1) is 0 Å². The van der Waals surface area contributed by atoms with Gasteiger partial charge in [0.25, 0.3) is 0 Å². The Hall–Kier alpha value is -2.61. The molecular weight excluding hydrogens is 342 g/mol. The fourth-order valence-electron chi connectivity index (χ4n) is 3.12. The fourth-order valence-corrected chi connectivity index (χ4v) is 3.12. The topological polar surface area (TPSA) is 76.9 Å². The van der Waals surface area contributed by atoms with Crippen molar-refractivity contribution in [2.45, 2.75) is 40.3 Å². The molecule has 3 rings (SSSR count). The average molecular weight is 371 g/mol. The molecule has 0 fully saturated rings. The molecule has 3 heterocycles. The van der Waals surface area contributed by atoms with Crippen molar-refractivity contribution >= 4 is 5.82 Å². The van der Waals surface area contributed by atoms with Crippen LogP contribution in [0.2, 0.25) is 0 Å². The monoisotopic (exact) mass is 371 g/mol. The molecule has 146 valence electrons. The zero-order valence-corrected chi connectivity index (χ0v) is 16.8. The second-order valence-electron chi connectivity index (χ2n) is 7.10. The smallest absolute Gasteiger partial charge is 0.151 e. The Balaban J connectivity index is 1.81. The molecule has 1 N–H and O–H groups in total. The Morgan fingerprint density at radius 1 is 0.889 bits per heavy atom. The first-order valence-corrected chi connectivity index (χ1v) is 9.26. The summed E-state index contributed by atoms with van der Waals surface area (Å²) in [4.78, 5) is 2.17. The Morgan fingerprint density at radius 2 is 1.52 bits per heavy atom. The van der Waals surface area contributed by atoms with Crippen LogP contribution in [0.15, 0.2) is 18.2 Å². The van der Waals surface area contributed by atoms with E-state index in [1.54, 1.807) is 0 Å². The molecule has 0 aliphatic carbocycles. The molecule has 0 aliphatic heterocycles. The van der Waals surface area contributed by atoms with Crippen LogP contribution in [0.3, 0.4) is 0 Å². The van der Waals surface area contributed by atoms with Gasteiger partial charge in [0.15, 0.2) is 5.82 Å². The van der Waals surface area contributed by atoms with Crippen molar-refractivity contribution in [2.75, 3.05) is 18.1 Å². The second kappa shape index (κ2) is 7.96. The maximum absolute atomic E-state index is 9.28. The summed E-state index contributed by atoms with van der Waals surface area (Å²) < 4.78 is 5.74. The zero-order chi connectivity index (χ0) is 19.6. The van der Waals surface area contributed by atoms with Gasteiger partial charge in [-0.2, -0.15) is 15.3 Å². The van der Waals surface area contributed by atoms with Gasteiger partial charge in [0, 0.05) is 50.4 Å². The quantitative estimate of drug-likeness (QED) is 0.652. The number of anilines is 1. The molecule has 0 saturated heterocycles. The van der Waals surface area contributed by atoms with Crippen molar-refractivity contribution in [3.05, 3.63) is 46.7 Å². The molecular formula is C19H29N7O. The summed E-state index contributed by atoms with van der Waals surface area (Å²) in [7, 11) is 3.90. The molecule has 0 bridgehead atoms. The van der Waals surface area contributed by atoms with Crippen molar-refractivity contribution in [1.82, 2.24) is 29.3 Å². The van der Waals surface area contributed by atoms with Crippen LogP contribution in [0.25, 0.3) is 0 Å². The van der Waals surface area contributed by atoms with Crippen molar-refractivity contribution in [3.8, 4) is 0 Å². The van der Waals surface area contributed by atoms with E-state index in [0.29, 0.717) is 19.5 Å². The van der Waals surface area contributed by atoms with Crippen molar-refractivity contribution < 1.29 is 5.11 Å². The summed E-state index contributed by atoms with van der Waals surface area (Å²) in [6, 6.07) is 6.26. The van der Waals surface area contributed by atoms with E-state index in [0.717, 1.165) is 40.8 Å². The van der Waals surface area contributed by atoms with Crippen molar-refractivity contribution in [3.63, 3.8) is 0 Å². The lowest BCUT2D eigenvalue weighted by Crippen LogP contribution is -2.25. The molecule has 0 aromatic carbocycles. The predicted molar refractivity (Wildman–Crippen MR) is 105 cm³/mol. The highest BCUT2D eigenvalue weighted by Crippen LogP contribution is 2.19. The first-order chi connectivity index (χ1) is 12.9. The largest absolute Gasteiger partial charge is 0.396 e. The van der Waals surface area contributed by atoms with Crippen LogP contribution in [0, 0.1) is 20.8 Å². The Bertz CT molecular complexity index is 866. The third-order valence-electron chi connectivity index (χ3n) is 4.87. The van der Waals surface area contributed by atoms with E-state index in [-0.39, 0.29) is 6.61 Å². The highest BCUT2D eigenvalue weighted by Gasteiger charge is 2.15. The van der Waals surface area contributed by atoms with Gasteiger partial charge in [0.1, 0.15) is 0 Å². The lowest BCUT2D eigenvalue weighted by atomic mass is 10.3. The highest BCUT2D eigenvalue weighted by molar-refractivity contribution is 5.40. The number of aliphatic hydroxyl groups is 1. The van der Waals surface area contributed by atoms with E-state index in [1.165, 1.54) is 0 Å². The van der Waals surface area contributed by atoms with E-state index >= 15 is 0 Å². The minimum Gasteiger partial charge on any atom is -0.396 e. The normalized spacial score (nSPS) is 11.3. The average Bonchev–Trinajstić information content (AvgIpc) is 3.23. The van der Waals surface area contributed by atoms with Gasteiger partial charge in [0.2, 0.25) is 0 Å². The van der Waals surface area contributed by atoms with E-state index in [9.17, 15) is 5.11 Å². The van der Waals surface area contributed by atoms with E-state index in [1.807, 2.05) is 42.0 Å².